The Bertz CT molecular complexity index is 513. The van der Waals surface area contributed by atoms with Gasteiger partial charge in [-0.3, -0.25) is 0 Å². The van der Waals surface area contributed by atoms with E-state index in [1.807, 2.05) is 0 Å². The molecule has 0 aliphatic carbocycles. The molecular weight excluding hydrogens is 230 g/mol. The number of hydrogen-bond acceptors (Lipinski definition) is 3. The summed E-state index contributed by atoms with van der Waals surface area (Å²) in [6.07, 6.45) is 1.17. The summed E-state index contributed by atoms with van der Waals surface area (Å²) >= 11 is 0. The van der Waals surface area contributed by atoms with Crippen molar-refractivity contribution in [2.24, 2.45) is 0 Å². The van der Waals surface area contributed by atoms with Gasteiger partial charge in [0.1, 0.15) is 9.84 Å². The van der Waals surface area contributed by atoms with Gasteiger partial charge in [-0.2, -0.15) is 0 Å². The number of rotatable bonds is 4. The van der Waals surface area contributed by atoms with Crippen LogP contribution in [0.25, 0.3) is 0 Å². The van der Waals surface area contributed by atoms with Crippen LogP contribution in [-0.4, -0.2) is 36.1 Å². The van der Waals surface area contributed by atoms with Gasteiger partial charge in [-0.15, -0.1) is 0 Å². The molecule has 0 spiro atoms. The molecule has 0 radical (unpaired) electrons. The zero-order valence-corrected chi connectivity index (χ0v) is 10.3. The number of carbonyl (C=O) groups is 1. The second kappa shape index (κ2) is 4.29. The molecule has 6 heteroatoms. The maximum absolute atomic E-state index is 11.0. The van der Waals surface area contributed by atoms with Gasteiger partial charge in [0.2, 0.25) is 0 Å². The van der Waals surface area contributed by atoms with E-state index in [-0.39, 0.29) is 11.3 Å². The lowest BCUT2D eigenvalue weighted by Crippen LogP contribution is -2.13. The van der Waals surface area contributed by atoms with Gasteiger partial charge in [-0.25, -0.2) is 13.2 Å². The van der Waals surface area contributed by atoms with Crippen molar-refractivity contribution in [1.82, 2.24) is 4.57 Å². The zero-order chi connectivity index (χ0) is 12.5. The number of nitrogens with zero attached hydrogens (tertiary/aromatic N) is 1. The van der Waals surface area contributed by atoms with Crippen molar-refractivity contribution in [3.8, 4) is 0 Å². The second-order valence-corrected chi connectivity index (χ2v) is 6.13. The van der Waals surface area contributed by atoms with Crippen LogP contribution in [0.2, 0.25) is 0 Å². The Kier molecular flexibility index (Phi) is 3.42. The molecule has 1 aromatic rings. The van der Waals surface area contributed by atoms with Crippen LogP contribution in [0, 0.1) is 13.8 Å². The fourth-order valence-corrected chi connectivity index (χ4v) is 2.13. The molecule has 1 rings (SSSR count). The van der Waals surface area contributed by atoms with E-state index in [1.165, 1.54) is 6.26 Å². The quantitative estimate of drug-likeness (QED) is 0.853. The Morgan fingerprint density at radius 3 is 2.38 bits per heavy atom. The SMILES string of the molecule is Cc1cc(C(=O)O)c(C)n1CCS(C)(=O)=O. The molecule has 0 aliphatic heterocycles. The summed E-state index contributed by atoms with van der Waals surface area (Å²) in [4.78, 5) is 10.9. The molecule has 0 fully saturated rings. The summed E-state index contributed by atoms with van der Waals surface area (Å²) in [5, 5.41) is 8.90. The van der Waals surface area contributed by atoms with Crippen LogP contribution in [0.1, 0.15) is 21.7 Å². The first-order valence-corrected chi connectivity index (χ1v) is 6.86. The summed E-state index contributed by atoms with van der Waals surface area (Å²) in [6, 6.07) is 1.56. The second-order valence-electron chi connectivity index (χ2n) is 3.87. The summed E-state index contributed by atoms with van der Waals surface area (Å²) in [6.45, 7) is 3.74. The number of carboxylic acids is 1. The molecule has 1 heterocycles. The summed E-state index contributed by atoms with van der Waals surface area (Å²) < 4.78 is 23.8. The van der Waals surface area contributed by atoms with Gasteiger partial charge in [-0.05, 0) is 19.9 Å². The lowest BCUT2D eigenvalue weighted by atomic mass is 10.2. The number of hydrogen-bond donors (Lipinski definition) is 1. The minimum atomic E-state index is -3.04. The number of aromatic carboxylic acids is 1. The van der Waals surface area contributed by atoms with Crippen LogP contribution in [-0.2, 0) is 16.4 Å². The number of aryl methyl sites for hydroxylation is 1. The summed E-state index contributed by atoms with van der Waals surface area (Å²) in [7, 11) is -3.04. The van der Waals surface area contributed by atoms with Crippen molar-refractivity contribution in [1.29, 1.82) is 0 Å². The molecule has 0 bridgehead atoms. The van der Waals surface area contributed by atoms with E-state index in [0.717, 1.165) is 5.69 Å². The van der Waals surface area contributed by atoms with E-state index in [1.54, 1.807) is 24.5 Å². The first-order chi connectivity index (χ1) is 7.22. The average molecular weight is 245 g/mol. The highest BCUT2D eigenvalue weighted by Gasteiger charge is 2.15. The largest absolute Gasteiger partial charge is 0.478 e. The van der Waals surface area contributed by atoms with Gasteiger partial charge in [0.15, 0.2) is 0 Å². The van der Waals surface area contributed by atoms with Gasteiger partial charge in [-0.1, -0.05) is 0 Å². The van der Waals surface area contributed by atoms with Crippen LogP contribution in [0.5, 0.6) is 0 Å². The molecule has 1 N–H and O–H groups in total. The minimum Gasteiger partial charge on any atom is -0.478 e. The van der Waals surface area contributed by atoms with E-state index in [2.05, 4.69) is 0 Å². The van der Waals surface area contributed by atoms with E-state index in [9.17, 15) is 13.2 Å². The highest BCUT2D eigenvalue weighted by atomic mass is 32.2. The Labute approximate surface area is 94.6 Å². The van der Waals surface area contributed by atoms with Crippen LogP contribution >= 0.6 is 0 Å². The van der Waals surface area contributed by atoms with Gasteiger partial charge in [0.25, 0.3) is 0 Å². The number of carboxylic acid groups (broad SMARTS) is 1. The smallest absolute Gasteiger partial charge is 0.337 e. The normalized spacial score (nSPS) is 11.7. The minimum absolute atomic E-state index is 0.0163. The lowest BCUT2D eigenvalue weighted by molar-refractivity contribution is 0.0696. The molecule has 16 heavy (non-hydrogen) atoms. The van der Waals surface area contributed by atoms with E-state index in [4.69, 9.17) is 5.11 Å². The highest BCUT2D eigenvalue weighted by molar-refractivity contribution is 7.90. The summed E-state index contributed by atoms with van der Waals surface area (Å²) in [5.41, 5.74) is 1.58. The van der Waals surface area contributed by atoms with Crippen molar-refractivity contribution in [2.75, 3.05) is 12.0 Å². The van der Waals surface area contributed by atoms with Crippen molar-refractivity contribution >= 4 is 15.8 Å². The molecule has 90 valence electrons. The van der Waals surface area contributed by atoms with Crippen LogP contribution < -0.4 is 0 Å². The third-order valence-electron chi connectivity index (χ3n) is 2.49. The Morgan fingerprint density at radius 2 is 2.00 bits per heavy atom. The fourth-order valence-electron chi connectivity index (χ4n) is 1.62. The first kappa shape index (κ1) is 12.8. The Morgan fingerprint density at radius 1 is 1.44 bits per heavy atom. The molecule has 5 nitrogen and oxygen atoms in total. The molecule has 1 aromatic heterocycles. The molecule has 0 saturated heterocycles. The zero-order valence-electron chi connectivity index (χ0n) is 9.52. The molecule has 0 unspecified atom stereocenters. The Hall–Kier alpha value is -1.30. The maximum atomic E-state index is 11.0. The number of sulfone groups is 1. The third-order valence-corrected chi connectivity index (χ3v) is 3.41. The van der Waals surface area contributed by atoms with Gasteiger partial charge < -0.3 is 9.67 Å². The molecular formula is C10H15NO4S. The topological polar surface area (TPSA) is 76.4 Å². The predicted molar refractivity (Wildman–Crippen MR) is 60.6 cm³/mol. The molecule has 0 saturated carbocycles. The van der Waals surface area contributed by atoms with Crippen molar-refractivity contribution in [3.63, 3.8) is 0 Å². The van der Waals surface area contributed by atoms with Crippen molar-refractivity contribution < 1.29 is 18.3 Å². The molecule has 0 amide bonds. The van der Waals surface area contributed by atoms with Crippen molar-refractivity contribution in [2.45, 2.75) is 20.4 Å². The fraction of sp³-hybridized carbons (Fsp3) is 0.500. The maximum Gasteiger partial charge on any atom is 0.337 e. The standard InChI is InChI=1S/C10H15NO4S/c1-7-6-9(10(12)13)8(2)11(7)4-5-16(3,14)15/h6H,4-5H2,1-3H3,(H,12,13). The van der Waals surface area contributed by atoms with E-state index in [0.29, 0.717) is 12.2 Å². The van der Waals surface area contributed by atoms with Crippen LogP contribution in [0.3, 0.4) is 0 Å². The monoisotopic (exact) mass is 245 g/mol. The third kappa shape index (κ3) is 2.85. The Balaban J connectivity index is 3.02. The van der Waals surface area contributed by atoms with Gasteiger partial charge in [0, 0.05) is 24.2 Å². The number of aromatic nitrogens is 1. The average Bonchev–Trinajstić information content (AvgIpc) is 2.38. The van der Waals surface area contributed by atoms with Gasteiger partial charge >= 0.3 is 5.97 Å². The lowest BCUT2D eigenvalue weighted by Gasteiger charge is -2.08. The van der Waals surface area contributed by atoms with E-state index < -0.39 is 15.8 Å². The highest BCUT2D eigenvalue weighted by Crippen LogP contribution is 2.15. The predicted octanol–water partition coefficient (Wildman–Crippen LogP) is 0.848. The van der Waals surface area contributed by atoms with Crippen LogP contribution in [0.4, 0.5) is 0 Å². The van der Waals surface area contributed by atoms with Crippen molar-refractivity contribution in [3.05, 3.63) is 23.0 Å². The van der Waals surface area contributed by atoms with Crippen LogP contribution in [0.15, 0.2) is 6.07 Å². The first-order valence-electron chi connectivity index (χ1n) is 4.80. The molecule has 0 aromatic carbocycles. The summed E-state index contributed by atoms with van der Waals surface area (Å²) in [5.74, 6) is -0.971. The molecule has 0 aliphatic rings. The molecule has 0 atom stereocenters. The van der Waals surface area contributed by atoms with Gasteiger partial charge in [0.05, 0.1) is 11.3 Å². The van der Waals surface area contributed by atoms with E-state index >= 15 is 0 Å².